The summed E-state index contributed by atoms with van der Waals surface area (Å²) < 4.78 is 5.64. The Morgan fingerprint density at radius 1 is 1.14 bits per heavy atom. The standard InChI is InChI=1S/C20H25N3O5/c1-21-20(25)18(14-5-3-2-4-6-14)22-19(24)17-12-11-16(28-17)13-7-9-15(10-8-13)23(26)27/h7-12,14,18,23,26H,2-6H2,1H3,(H,21,25)(H,22,24). The molecule has 0 saturated heterocycles. The van der Waals surface area contributed by atoms with Crippen molar-refractivity contribution in [1.29, 1.82) is 0 Å². The first kappa shape index (κ1) is 20.1. The first-order valence-corrected chi connectivity index (χ1v) is 9.45. The summed E-state index contributed by atoms with van der Waals surface area (Å²) in [7, 11) is 1.57. The maximum Gasteiger partial charge on any atom is 0.287 e. The molecule has 1 aromatic heterocycles. The second-order valence-corrected chi connectivity index (χ2v) is 7.01. The van der Waals surface area contributed by atoms with Gasteiger partial charge in [-0.05, 0) is 43.0 Å². The quantitative estimate of drug-likeness (QED) is 0.563. The Kier molecular flexibility index (Phi) is 6.45. The first-order valence-electron chi connectivity index (χ1n) is 9.45. The molecule has 1 aromatic carbocycles. The van der Waals surface area contributed by atoms with Gasteiger partial charge in [-0.1, -0.05) is 19.3 Å². The zero-order valence-electron chi connectivity index (χ0n) is 15.7. The molecule has 0 radical (unpaired) electrons. The van der Waals surface area contributed by atoms with Crippen LogP contribution >= 0.6 is 0 Å². The van der Waals surface area contributed by atoms with Crippen molar-refractivity contribution in [3.05, 3.63) is 47.4 Å². The van der Waals surface area contributed by atoms with Crippen molar-refractivity contribution < 1.29 is 24.4 Å². The van der Waals surface area contributed by atoms with E-state index in [2.05, 4.69) is 10.6 Å². The monoisotopic (exact) mass is 387 g/mol. The van der Waals surface area contributed by atoms with Gasteiger partial charge >= 0.3 is 0 Å². The van der Waals surface area contributed by atoms with Crippen LogP contribution in [-0.4, -0.2) is 30.1 Å². The fraction of sp³-hybridized carbons (Fsp3) is 0.400. The van der Waals surface area contributed by atoms with Crippen molar-refractivity contribution in [2.24, 2.45) is 5.92 Å². The number of carbonyl (C=O) groups is 2. The number of hydrogen-bond donors (Lipinski definition) is 4. The Morgan fingerprint density at radius 3 is 2.43 bits per heavy atom. The average molecular weight is 387 g/mol. The normalized spacial score (nSPS) is 17.0. The van der Waals surface area contributed by atoms with E-state index in [1.807, 2.05) is 0 Å². The summed E-state index contributed by atoms with van der Waals surface area (Å²) in [5, 5.41) is 24.4. The minimum Gasteiger partial charge on any atom is -0.595 e. The number of quaternary nitrogens is 1. The Morgan fingerprint density at radius 2 is 1.82 bits per heavy atom. The van der Waals surface area contributed by atoms with Gasteiger partial charge in [-0.15, -0.1) is 0 Å². The summed E-state index contributed by atoms with van der Waals surface area (Å²) in [6.07, 6.45) is 5.11. The van der Waals surface area contributed by atoms with E-state index in [-0.39, 0.29) is 23.3 Å². The van der Waals surface area contributed by atoms with E-state index in [4.69, 9.17) is 9.62 Å². The molecule has 1 aliphatic carbocycles. The highest BCUT2D eigenvalue weighted by atomic mass is 16.8. The summed E-state index contributed by atoms with van der Waals surface area (Å²) in [4.78, 5) is 24.9. The maximum absolute atomic E-state index is 12.6. The molecule has 2 amide bonds. The van der Waals surface area contributed by atoms with E-state index in [0.717, 1.165) is 32.1 Å². The molecule has 1 heterocycles. The number of nitrogens with one attached hydrogen (secondary N) is 3. The van der Waals surface area contributed by atoms with Crippen LogP contribution in [-0.2, 0) is 4.79 Å². The third-order valence-electron chi connectivity index (χ3n) is 5.18. The number of carbonyl (C=O) groups excluding carboxylic acids is 2. The molecule has 2 aromatic rings. The molecule has 28 heavy (non-hydrogen) atoms. The van der Waals surface area contributed by atoms with Gasteiger partial charge in [0.15, 0.2) is 11.4 Å². The van der Waals surface area contributed by atoms with Gasteiger partial charge in [0, 0.05) is 24.7 Å². The minimum atomic E-state index is -1.01. The number of benzene rings is 1. The third kappa shape index (κ3) is 4.59. The Hall–Kier alpha value is -2.68. The lowest BCUT2D eigenvalue weighted by molar-refractivity contribution is -0.991. The van der Waals surface area contributed by atoms with E-state index in [1.54, 1.807) is 31.3 Å². The summed E-state index contributed by atoms with van der Waals surface area (Å²) in [6, 6.07) is 8.83. The summed E-state index contributed by atoms with van der Waals surface area (Å²) in [5.74, 6) is 0.0535. The van der Waals surface area contributed by atoms with Crippen LogP contribution in [0.5, 0.6) is 0 Å². The average Bonchev–Trinajstić information content (AvgIpc) is 3.22. The topological polar surface area (TPSA) is 119 Å². The van der Waals surface area contributed by atoms with Gasteiger partial charge in [-0.3, -0.25) is 9.59 Å². The Balaban J connectivity index is 1.72. The second kappa shape index (κ2) is 9.01. The lowest BCUT2D eigenvalue weighted by atomic mass is 9.83. The van der Waals surface area contributed by atoms with Gasteiger partial charge in [0.05, 0.1) is 0 Å². The van der Waals surface area contributed by atoms with Crippen LogP contribution in [0.1, 0.15) is 42.7 Å². The summed E-state index contributed by atoms with van der Waals surface area (Å²) in [5.41, 5.74) is 0.841. The van der Waals surface area contributed by atoms with Crippen LogP contribution in [0, 0.1) is 11.1 Å². The van der Waals surface area contributed by atoms with Crippen LogP contribution in [0.2, 0.25) is 0 Å². The fourth-order valence-electron chi connectivity index (χ4n) is 3.62. The predicted octanol–water partition coefficient (Wildman–Crippen LogP) is 1.77. The molecule has 2 unspecified atom stereocenters. The third-order valence-corrected chi connectivity index (χ3v) is 5.18. The van der Waals surface area contributed by atoms with E-state index >= 15 is 0 Å². The minimum absolute atomic E-state index is 0.113. The molecule has 3 rings (SSSR count). The van der Waals surface area contributed by atoms with E-state index in [0.29, 0.717) is 11.3 Å². The number of furan rings is 1. The molecule has 0 bridgehead atoms. The van der Waals surface area contributed by atoms with Crippen LogP contribution < -0.4 is 15.9 Å². The molecule has 8 heteroatoms. The molecule has 1 aliphatic rings. The van der Waals surface area contributed by atoms with Crippen molar-refractivity contribution in [1.82, 2.24) is 10.6 Å². The van der Waals surface area contributed by atoms with Gasteiger partial charge in [0.25, 0.3) is 5.91 Å². The van der Waals surface area contributed by atoms with Crippen LogP contribution in [0.4, 0.5) is 5.69 Å². The molecule has 1 saturated carbocycles. The van der Waals surface area contributed by atoms with E-state index in [1.165, 1.54) is 12.1 Å². The predicted molar refractivity (Wildman–Crippen MR) is 102 cm³/mol. The van der Waals surface area contributed by atoms with E-state index < -0.39 is 17.2 Å². The van der Waals surface area contributed by atoms with Crippen molar-refractivity contribution in [2.75, 3.05) is 7.05 Å². The Labute approximate surface area is 163 Å². The Bertz CT molecular complexity index is 810. The molecular formula is C20H25N3O5. The zero-order chi connectivity index (χ0) is 20.1. The first-order chi connectivity index (χ1) is 13.5. The summed E-state index contributed by atoms with van der Waals surface area (Å²) in [6.45, 7) is 0. The number of likely N-dealkylation sites (N-methyl/N-ethyl adjacent to an activating group) is 1. The molecule has 1 fully saturated rings. The van der Waals surface area contributed by atoms with Gasteiger partial charge in [-0.25, -0.2) is 5.21 Å². The fourth-order valence-corrected chi connectivity index (χ4v) is 3.62. The highest BCUT2D eigenvalue weighted by molar-refractivity contribution is 5.96. The molecule has 4 N–H and O–H groups in total. The maximum atomic E-state index is 12.6. The highest BCUT2D eigenvalue weighted by Crippen LogP contribution is 2.27. The second-order valence-electron chi connectivity index (χ2n) is 7.01. The van der Waals surface area contributed by atoms with E-state index in [9.17, 15) is 14.8 Å². The molecule has 0 aliphatic heterocycles. The molecule has 2 atom stereocenters. The molecule has 8 nitrogen and oxygen atoms in total. The summed E-state index contributed by atoms with van der Waals surface area (Å²) >= 11 is 0. The molecule has 150 valence electrons. The number of amides is 2. The van der Waals surface area contributed by atoms with Crippen molar-refractivity contribution in [3.8, 4) is 11.3 Å². The van der Waals surface area contributed by atoms with Crippen LogP contribution in [0.3, 0.4) is 0 Å². The zero-order valence-corrected chi connectivity index (χ0v) is 15.7. The molecular weight excluding hydrogens is 362 g/mol. The number of rotatable bonds is 6. The van der Waals surface area contributed by atoms with Gasteiger partial charge < -0.3 is 20.3 Å². The number of hydrogen-bond acceptors (Lipinski definition) is 5. The smallest absolute Gasteiger partial charge is 0.287 e. The molecule has 0 spiro atoms. The van der Waals surface area contributed by atoms with Gasteiger partial charge in [0.1, 0.15) is 11.8 Å². The van der Waals surface area contributed by atoms with Crippen molar-refractivity contribution in [3.63, 3.8) is 0 Å². The largest absolute Gasteiger partial charge is 0.595 e. The van der Waals surface area contributed by atoms with Gasteiger partial charge in [-0.2, -0.15) is 5.23 Å². The van der Waals surface area contributed by atoms with Crippen molar-refractivity contribution in [2.45, 2.75) is 38.1 Å². The SMILES string of the molecule is CNC(=O)C(NC(=O)c1ccc(-c2ccc([NH+]([O-])O)cc2)o1)C1CCCCC1. The van der Waals surface area contributed by atoms with Crippen LogP contribution in [0.15, 0.2) is 40.8 Å². The lowest BCUT2D eigenvalue weighted by Gasteiger charge is -2.29. The van der Waals surface area contributed by atoms with Crippen molar-refractivity contribution >= 4 is 17.5 Å². The van der Waals surface area contributed by atoms with Gasteiger partial charge in [0.2, 0.25) is 5.91 Å². The lowest BCUT2D eigenvalue weighted by Crippen LogP contribution is -2.99. The highest BCUT2D eigenvalue weighted by Gasteiger charge is 2.31. The van der Waals surface area contributed by atoms with Crippen LogP contribution in [0.25, 0.3) is 11.3 Å².